The van der Waals surface area contributed by atoms with Crippen LogP contribution in [0.2, 0.25) is 0 Å². The lowest BCUT2D eigenvalue weighted by Crippen LogP contribution is -2.48. The molecule has 15 heteroatoms. The summed E-state index contributed by atoms with van der Waals surface area (Å²) in [5.41, 5.74) is 0.877. The third kappa shape index (κ3) is 5.59. The van der Waals surface area contributed by atoms with Crippen LogP contribution in [-0.4, -0.2) is 89.4 Å². The summed E-state index contributed by atoms with van der Waals surface area (Å²) < 4.78 is 26.6. The molecule has 2 aromatic rings. The number of fused-ring (bicyclic) bond motifs is 1. The van der Waals surface area contributed by atoms with Crippen molar-refractivity contribution in [2.45, 2.75) is 31.8 Å². The summed E-state index contributed by atoms with van der Waals surface area (Å²) >= 11 is 0. The van der Waals surface area contributed by atoms with Crippen LogP contribution in [0.15, 0.2) is 17.6 Å². The molecule has 34 heavy (non-hydrogen) atoms. The lowest BCUT2D eigenvalue weighted by molar-refractivity contribution is -0.139. The van der Waals surface area contributed by atoms with Gasteiger partial charge >= 0.3 is 5.97 Å². The van der Waals surface area contributed by atoms with E-state index < -0.39 is 22.0 Å². The van der Waals surface area contributed by atoms with E-state index in [1.807, 2.05) is 4.90 Å². The fourth-order valence-electron chi connectivity index (χ4n) is 4.04. The van der Waals surface area contributed by atoms with Gasteiger partial charge in [-0.25, -0.2) is 23.4 Å². The quantitative estimate of drug-likeness (QED) is 0.354. The van der Waals surface area contributed by atoms with Crippen molar-refractivity contribution in [2.75, 3.05) is 37.3 Å². The third-order valence-corrected chi connectivity index (χ3v) is 6.43. The van der Waals surface area contributed by atoms with E-state index in [0.29, 0.717) is 55.4 Å². The van der Waals surface area contributed by atoms with Crippen LogP contribution < -0.4 is 20.3 Å². The molecule has 0 bridgehead atoms. The number of rotatable bonds is 7. The molecule has 2 aliphatic heterocycles. The maximum atomic E-state index is 12.6. The second-order valence-corrected chi connectivity index (χ2v) is 10.1. The zero-order valence-electron chi connectivity index (χ0n) is 18.6. The summed E-state index contributed by atoms with van der Waals surface area (Å²) in [5, 5.41) is 15.3. The van der Waals surface area contributed by atoms with Gasteiger partial charge in [0.1, 0.15) is 12.4 Å². The minimum atomic E-state index is -3.72. The molecule has 4 rings (SSSR count). The number of anilines is 1. The summed E-state index contributed by atoms with van der Waals surface area (Å²) in [7, 11) is -3.72. The Kier molecular flexibility index (Phi) is 6.92. The number of hydrogen-bond donors (Lipinski definition) is 4. The molecular weight excluding hydrogens is 466 g/mol. The second kappa shape index (κ2) is 9.89. The van der Waals surface area contributed by atoms with Gasteiger partial charge in [-0.05, 0) is 19.3 Å². The van der Waals surface area contributed by atoms with Gasteiger partial charge in [0, 0.05) is 32.1 Å². The van der Waals surface area contributed by atoms with Crippen LogP contribution in [0.3, 0.4) is 0 Å². The summed E-state index contributed by atoms with van der Waals surface area (Å²) in [6, 6.07) is -1.37. The van der Waals surface area contributed by atoms with E-state index in [2.05, 4.69) is 35.3 Å². The predicted octanol–water partition coefficient (Wildman–Crippen LogP) is -1.49. The normalized spacial score (nSPS) is 18.3. The van der Waals surface area contributed by atoms with Crippen LogP contribution in [0.1, 0.15) is 19.3 Å². The van der Waals surface area contributed by atoms with Crippen LogP contribution in [0.4, 0.5) is 5.82 Å². The van der Waals surface area contributed by atoms with Crippen LogP contribution in [0.25, 0.3) is 11.2 Å². The number of nitrogens with one attached hydrogen (secondary N) is 3. The Morgan fingerprint density at radius 1 is 1.26 bits per heavy atom. The fraction of sp³-hybridized carbons (Fsp3) is 0.579. The van der Waals surface area contributed by atoms with E-state index in [-0.39, 0.29) is 18.4 Å². The van der Waals surface area contributed by atoms with Gasteiger partial charge in [0.2, 0.25) is 15.9 Å². The Bertz CT molecular complexity index is 1200. The first-order chi connectivity index (χ1) is 16.2. The lowest BCUT2D eigenvalue weighted by atomic mass is 9.96. The highest BCUT2D eigenvalue weighted by Gasteiger charge is 2.29. The molecule has 2 aliphatic rings. The molecule has 0 spiro atoms. The van der Waals surface area contributed by atoms with E-state index in [1.54, 1.807) is 0 Å². The number of amides is 1. The highest BCUT2D eigenvalue weighted by Crippen LogP contribution is 2.27. The van der Waals surface area contributed by atoms with Crippen LogP contribution >= 0.6 is 0 Å². The SMILES string of the molecule is CS(=O)(=O)N[C@@H](Cn1cnc2c(N3CCC(C(=O)NC4=NCCCN4)CC3)ncnc21)C(=O)O. The zero-order chi connectivity index (χ0) is 24.3. The zero-order valence-corrected chi connectivity index (χ0v) is 19.5. The van der Waals surface area contributed by atoms with Crippen molar-refractivity contribution < 1.29 is 23.1 Å². The van der Waals surface area contributed by atoms with Gasteiger partial charge in [0.25, 0.3) is 0 Å². The van der Waals surface area contributed by atoms with Gasteiger partial charge in [-0.2, -0.15) is 4.72 Å². The van der Waals surface area contributed by atoms with Crippen molar-refractivity contribution in [3.63, 3.8) is 0 Å². The van der Waals surface area contributed by atoms with E-state index in [0.717, 1.165) is 19.2 Å². The maximum Gasteiger partial charge on any atom is 0.323 e. The number of guanidine groups is 1. The monoisotopic (exact) mass is 493 g/mol. The molecule has 1 atom stereocenters. The number of carbonyl (C=O) groups is 2. The van der Waals surface area contributed by atoms with Crippen molar-refractivity contribution in [3.05, 3.63) is 12.7 Å². The van der Waals surface area contributed by atoms with Gasteiger partial charge < -0.3 is 19.9 Å². The summed E-state index contributed by atoms with van der Waals surface area (Å²) in [6.07, 6.45) is 5.89. The molecule has 0 saturated carbocycles. The Morgan fingerprint density at radius 2 is 2.03 bits per heavy atom. The smallest absolute Gasteiger partial charge is 0.323 e. The van der Waals surface area contributed by atoms with E-state index in [1.165, 1.54) is 17.2 Å². The molecule has 1 amide bonds. The van der Waals surface area contributed by atoms with Crippen molar-refractivity contribution in [2.24, 2.45) is 10.9 Å². The number of sulfonamides is 1. The molecule has 14 nitrogen and oxygen atoms in total. The van der Waals surface area contributed by atoms with Gasteiger partial charge in [0.15, 0.2) is 22.9 Å². The van der Waals surface area contributed by atoms with Crippen molar-refractivity contribution in [1.29, 1.82) is 0 Å². The Balaban J connectivity index is 1.44. The van der Waals surface area contributed by atoms with Gasteiger partial charge in [0.05, 0.1) is 19.1 Å². The number of imidazole rings is 1. The maximum absolute atomic E-state index is 12.6. The molecule has 1 saturated heterocycles. The summed E-state index contributed by atoms with van der Waals surface area (Å²) in [6.45, 7) is 2.49. The molecule has 0 aliphatic carbocycles. The topological polar surface area (TPSA) is 184 Å². The molecule has 4 N–H and O–H groups in total. The number of aromatic nitrogens is 4. The van der Waals surface area contributed by atoms with Gasteiger partial charge in [-0.15, -0.1) is 0 Å². The predicted molar refractivity (Wildman–Crippen MR) is 123 cm³/mol. The molecule has 0 unspecified atom stereocenters. The third-order valence-electron chi connectivity index (χ3n) is 5.72. The number of hydrogen-bond acceptors (Lipinski definition) is 10. The first-order valence-electron chi connectivity index (χ1n) is 10.9. The number of carboxylic acid groups (broad SMARTS) is 1. The molecule has 0 radical (unpaired) electrons. The number of nitrogens with zero attached hydrogens (tertiary/aromatic N) is 6. The molecule has 0 aromatic carbocycles. The molecule has 184 valence electrons. The van der Waals surface area contributed by atoms with Crippen molar-refractivity contribution in [3.8, 4) is 0 Å². The van der Waals surface area contributed by atoms with Crippen molar-refractivity contribution >= 4 is 44.8 Å². The standard InChI is InChI=1S/C19H27N9O5S/c1-34(32,33)26-13(18(30)31)9-28-11-24-14-15(22-10-23-16(14)28)27-7-3-12(4-8-27)17(29)25-19-20-5-2-6-21-19/h10-13,26H,2-9H2,1H3,(H,30,31)(H2,20,21,25,29)/t13-/m0/s1. The number of carboxylic acids is 1. The number of carbonyl (C=O) groups excluding carboxylic acids is 1. The first kappa shape index (κ1) is 23.8. The van der Waals surface area contributed by atoms with Crippen LogP contribution in [0, 0.1) is 5.92 Å². The number of aliphatic imine (C=N–C) groups is 1. The lowest BCUT2D eigenvalue weighted by Gasteiger charge is -2.32. The van der Waals surface area contributed by atoms with Crippen LogP contribution in [-0.2, 0) is 26.2 Å². The largest absolute Gasteiger partial charge is 0.480 e. The highest BCUT2D eigenvalue weighted by molar-refractivity contribution is 7.88. The van der Waals surface area contributed by atoms with E-state index in [4.69, 9.17) is 0 Å². The Morgan fingerprint density at radius 3 is 2.68 bits per heavy atom. The minimum absolute atomic E-state index is 0.0528. The van der Waals surface area contributed by atoms with E-state index in [9.17, 15) is 23.1 Å². The average Bonchev–Trinajstić information content (AvgIpc) is 3.21. The van der Waals surface area contributed by atoms with Crippen LogP contribution in [0.5, 0.6) is 0 Å². The first-order valence-corrected chi connectivity index (χ1v) is 12.8. The molecule has 1 fully saturated rings. The fourth-order valence-corrected chi connectivity index (χ4v) is 4.73. The number of aliphatic carboxylic acids is 1. The summed E-state index contributed by atoms with van der Waals surface area (Å²) in [4.78, 5) is 43.3. The molecule has 2 aromatic heterocycles. The van der Waals surface area contributed by atoms with Crippen molar-refractivity contribution in [1.82, 2.24) is 34.9 Å². The van der Waals surface area contributed by atoms with Gasteiger partial charge in [-0.3, -0.25) is 19.9 Å². The summed E-state index contributed by atoms with van der Waals surface area (Å²) in [5.74, 6) is -0.383. The second-order valence-electron chi connectivity index (χ2n) is 8.31. The van der Waals surface area contributed by atoms with Gasteiger partial charge in [-0.1, -0.05) is 0 Å². The minimum Gasteiger partial charge on any atom is -0.480 e. The van der Waals surface area contributed by atoms with E-state index >= 15 is 0 Å². The highest BCUT2D eigenvalue weighted by atomic mass is 32.2. The number of piperidine rings is 1. The Labute approximate surface area is 195 Å². The molecule has 4 heterocycles. The Hall–Kier alpha value is -3.33. The average molecular weight is 494 g/mol. The molecular formula is C19H27N9O5S.